The molecule has 9 unspecified atom stereocenters. The average molecular weight is 303 g/mol. The van der Waals surface area contributed by atoms with Gasteiger partial charge in [0.25, 0.3) is 0 Å². The predicted molar refractivity (Wildman–Crippen MR) is 90.3 cm³/mol. The Balaban J connectivity index is 1.62. The fraction of sp³-hybridized carbons (Fsp3) is 1.00. The van der Waals surface area contributed by atoms with Gasteiger partial charge in [0.05, 0.1) is 0 Å². The molecule has 5 saturated carbocycles. The first-order chi connectivity index (χ1) is 10.4. The summed E-state index contributed by atoms with van der Waals surface area (Å²) < 4.78 is 0. The minimum absolute atomic E-state index is 0.382. The van der Waals surface area contributed by atoms with Gasteiger partial charge in [0.2, 0.25) is 0 Å². The maximum Gasteiger partial charge on any atom is 0.0253 e. The van der Waals surface area contributed by atoms with E-state index in [1.807, 2.05) is 0 Å². The van der Waals surface area contributed by atoms with E-state index in [0.29, 0.717) is 28.3 Å². The van der Waals surface area contributed by atoms with Crippen LogP contribution in [0.1, 0.15) is 59.8 Å². The van der Waals surface area contributed by atoms with Gasteiger partial charge in [0.1, 0.15) is 0 Å². The molecule has 0 aromatic carbocycles. The molecule has 0 aromatic heterocycles. The summed E-state index contributed by atoms with van der Waals surface area (Å²) in [5, 5.41) is 3.82. The molecule has 124 valence electrons. The first kappa shape index (κ1) is 14.3. The summed E-state index contributed by atoms with van der Waals surface area (Å²) in [6.07, 6.45) is 7.50. The molecule has 0 heterocycles. The number of hydrogen-bond donors (Lipinski definition) is 2. The number of fused-ring (bicyclic) bond motifs is 6. The third-order valence-electron chi connectivity index (χ3n) is 9.59. The molecule has 5 rings (SSSR count). The molecule has 5 aliphatic rings. The summed E-state index contributed by atoms with van der Waals surface area (Å²) in [5.74, 6) is 4.53. The van der Waals surface area contributed by atoms with Crippen LogP contribution in [-0.4, -0.2) is 18.6 Å². The highest BCUT2D eigenvalue weighted by atomic mass is 15.0. The summed E-state index contributed by atoms with van der Waals surface area (Å²) >= 11 is 0. The second-order valence-corrected chi connectivity index (χ2v) is 10.4. The Morgan fingerprint density at radius 2 is 1.95 bits per heavy atom. The van der Waals surface area contributed by atoms with Crippen LogP contribution in [0, 0.1) is 45.8 Å². The van der Waals surface area contributed by atoms with E-state index in [0.717, 1.165) is 36.1 Å². The van der Waals surface area contributed by atoms with E-state index in [-0.39, 0.29) is 0 Å². The molecule has 2 nitrogen and oxygen atoms in total. The van der Waals surface area contributed by atoms with Crippen LogP contribution in [-0.2, 0) is 0 Å². The third kappa shape index (κ3) is 1.34. The van der Waals surface area contributed by atoms with Crippen LogP contribution in [0.4, 0.5) is 0 Å². The number of nitrogens with two attached hydrogens (primary N) is 1. The molecule has 0 radical (unpaired) electrons. The highest BCUT2D eigenvalue weighted by Gasteiger charge is 2.79. The standard InChI is InChI=1S/C20H34N2/c1-5-22-17-12-8-13(16(17)21)18(2,3)14-11-6-7-19(4)10-20(19,9-11)15(12)14/h11-17,22H,5-10,21H2,1-4H3. The molecular weight excluding hydrogens is 268 g/mol. The lowest BCUT2D eigenvalue weighted by Crippen LogP contribution is -2.48. The molecule has 5 aliphatic carbocycles. The maximum absolute atomic E-state index is 6.81. The van der Waals surface area contributed by atoms with E-state index in [2.05, 4.69) is 33.0 Å². The van der Waals surface area contributed by atoms with Crippen molar-refractivity contribution in [1.82, 2.24) is 5.32 Å². The topological polar surface area (TPSA) is 38.0 Å². The largest absolute Gasteiger partial charge is 0.326 e. The SMILES string of the molecule is CCNC1C(N)C2CC1C1C(C3CCC4(C)CC14C3)C2(C)C. The lowest BCUT2D eigenvalue weighted by atomic mass is 9.55. The van der Waals surface area contributed by atoms with E-state index in [9.17, 15) is 0 Å². The summed E-state index contributed by atoms with van der Waals surface area (Å²) in [4.78, 5) is 0. The van der Waals surface area contributed by atoms with Gasteiger partial charge in [-0.05, 0) is 84.5 Å². The van der Waals surface area contributed by atoms with Gasteiger partial charge in [-0.1, -0.05) is 27.7 Å². The molecule has 1 spiro atoms. The molecular formula is C20H34N2. The summed E-state index contributed by atoms with van der Waals surface area (Å²) in [5.41, 5.74) is 8.66. The van der Waals surface area contributed by atoms with E-state index in [1.165, 1.54) is 25.7 Å². The van der Waals surface area contributed by atoms with Crippen molar-refractivity contribution in [2.75, 3.05) is 6.54 Å². The monoisotopic (exact) mass is 302 g/mol. The van der Waals surface area contributed by atoms with Crippen LogP contribution < -0.4 is 11.1 Å². The lowest BCUT2D eigenvalue weighted by molar-refractivity contribution is -0.0127. The van der Waals surface area contributed by atoms with Crippen LogP contribution in [0.2, 0.25) is 0 Å². The highest BCUT2D eigenvalue weighted by molar-refractivity contribution is 5.29. The van der Waals surface area contributed by atoms with Gasteiger partial charge < -0.3 is 11.1 Å². The van der Waals surface area contributed by atoms with Gasteiger partial charge in [-0.2, -0.15) is 0 Å². The number of hydrogen-bond acceptors (Lipinski definition) is 2. The van der Waals surface area contributed by atoms with E-state index < -0.39 is 0 Å². The molecule has 2 heteroatoms. The van der Waals surface area contributed by atoms with E-state index >= 15 is 0 Å². The fourth-order valence-corrected chi connectivity index (χ4v) is 8.80. The highest BCUT2D eigenvalue weighted by Crippen LogP contribution is 2.85. The van der Waals surface area contributed by atoms with E-state index in [4.69, 9.17) is 5.73 Å². The van der Waals surface area contributed by atoms with Gasteiger partial charge in [0.15, 0.2) is 0 Å². The van der Waals surface area contributed by atoms with Crippen molar-refractivity contribution in [1.29, 1.82) is 0 Å². The van der Waals surface area contributed by atoms with Crippen molar-refractivity contribution >= 4 is 0 Å². The summed E-state index contributed by atoms with van der Waals surface area (Å²) in [7, 11) is 0. The number of nitrogens with one attached hydrogen (secondary N) is 1. The number of rotatable bonds is 2. The minimum atomic E-state index is 0.382. The zero-order chi connectivity index (χ0) is 15.5. The molecule has 0 amide bonds. The van der Waals surface area contributed by atoms with Gasteiger partial charge in [0, 0.05) is 12.1 Å². The normalized spacial score (nSPS) is 63.4. The zero-order valence-corrected chi connectivity index (χ0v) is 14.9. The first-order valence-corrected chi connectivity index (χ1v) is 9.85. The van der Waals surface area contributed by atoms with Gasteiger partial charge in [-0.15, -0.1) is 0 Å². The quantitative estimate of drug-likeness (QED) is 0.820. The van der Waals surface area contributed by atoms with Crippen LogP contribution in [0.3, 0.4) is 0 Å². The molecule has 9 atom stereocenters. The molecule has 22 heavy (non-hydrogen) atoms. The van der Waals surface area contributed by atoms with Crippen molar-refractivity contribution in [3.63, 3.8) is 0 Å². The smallest absolute Gasteiger partial charge is 0.0253 e. The van der Waals surface area contributed by atoms with Crippen LogP contribution in [0.5, 0.6) is 0 Å². The summed E-state index contributed by atoms with van der Waals surface area (Å²) in [6, 6.07) is 0.968. The van der Waals surface area contributed by atoms with Crippen molar-refractivity contribution < 1.29 is 0 Å². The van der Waals surface area contributed by atoms with Crippen molar-refractivity contribution in [2.45, 2.75) is 71.9 Å². The Morgan fingerprint density at radius 1 is 1.18 bits per heavy atom. The van der Waals surface area contributed by atoms with E-state index in [1.54, 1.807) is 6.42 Å². The zero-order valence-electron chi connectivity index (χ0n) is 14.9. The second-order valence-electron chi connectivity index (χ2n) is 10.4. The molecule has 5 fully saturated rings. The minimum Gasteiger partial charge on any atom is -0.326 e. The van der Waals surface area contributed by atoms with Gasteiger partial charge >= 0.3 is 0 Å². The number of likely N-dealkylation sites (N-methyl/N-ethyl adjacent to an activating group) is 1. The molecule has 4 bridgehead atoms. The first-order valence-electron chi connectivity index (χ1n) is 9.85. The molecule has 0 saturated heterocycles. The Morgan fingerprint density at radius 3 is 2.68 bits per heavy atom. The molecule has 0 aromatic rings. The predicted octanol–water partition coefficient (Wildman–Crippen LogP) is 3.41. The molecule has 0 aliphatic heterocycles. The average Bonchev–Trinajstić information content (AvgIpc) is 2.81. The Kier molecular flexibility index (Phi) is 2.56. The second kappa shape index (κ2) is 3.94. The van der Waals surface area contributed by atoms with Crippen molar-refractivity contribution in [3.05, 3.63) is 0 Å². The van der Waals surface area contributed by atoms with Crippen LogP contribution in [0.25, 0.3) is 0 Å². The maximum atomic E-state index is 6.81. The molecule has 3 N–H and O–H groups in total. The Bertz CT molecular complexity index is 514. The third-order valence-corrected chi connectivity index (χ3v) is 9.59. The van der Waals surface area contributed by atoms with Crippen molar-refractivity contribution in [2.24, 2.45) is 51.6 Å². The van der Waals surface area contributed by atoms with Gasteiger partial charge in [-0.3, -0.25) is 0 Å². The van der Waals surface area contributed by atoms with Crippen molar-refractivity contribution in [3.8, 4) is 0 Å². The van der Waals surface area contributed by atoms with Crippen LogP contribution in [0.15, 0.2) is 0 Å². The Labute approximate surface area is 136 Å². The van der Waals surface area contributed by atoms with Gasteiger partial charge in [-0.25, -0.2) is 0 Å². The fourth-order valence-electron chi connectivity index (χ4n) is 8.80. The Hall–Kier alpha value is -0.0800. The summed E-state index contributed by atoms with van der Waals surface area (Å²) in [6.45, 7) is 11.1. The lowest BCUT2D eigenvalue weighted by Gasteiger charge is -2.49. The van der Waals surface area contributed by atoms with Crippen LogP contribution >= 0.6 is 0 Å².